The van der Waals surface area contributed by atoms with Crippen molar-refractivity contribution in [3.63, 3.8) is 0 Å². The Hall–Kier alpha value is -1.35. The fraction of sp³-hybridized carbons (Fsp3) is 0.364. The van der Waals surface area contributed by atoms with Crippen molar-refractivity contribution in [2.24, 2.45) is 0 Å². The predicted molar refractivity (Wildman–Crippen MR) is 56.1 cm³/mol. The lowest BCUT2D eigenvalue weighted by Crippen LogP contribution is -2.17. The van der Waals surface area contributed by atoms with E-state index in [9.17, 15) is 5.11 Å². The van der Waals surface area contributed by atoms with Gasteiger partial charge in [-0.05, 0) is 39.0 Å². The van der Waals surface area contributed by atoms with E-state index in [2.05, 4.69) is 9.97 Å². The number of H-pyrrole nitrogens is 1. The zero-order valence-corrected chi connectivity index (χ0v) is 8.63. The van der Waals surface area contributed by atoms with Crippen molar-refractivity contribution in [3.05, 3.63) is 29.6 Å². The first-order chi connectivity index (χ1) is 6.47. The maximum atomic E-state index is 9.78. The smallest absolute Gasteiger partial charge is 0.101 e. The Morgan fingerprint density at radius 3 is 2.71 bits per heavy atom. The summed E-state index contributed by atoms with van der Waals surface area (Å²) in [6.45, 7) is 5.47. The summed E-state index contributed by atoms with van der Waals surface area (Å²) in [6, 6.07) is 5.77. The second-order valence-corrected chi connectivity index (χ2v) is 4.14. The topological polar surface area (TPSA) is 48.9 Å². The largest absolute Gasteiger partial charge is 0.384 e. The summed E-state index contributed by atoms with van der Waals surface area (Å²) in [4.78, 5) is 7.58. The molecule has 0 aliphatic carbocycles. The quantitative estimate of drug-likeness (QED) is 0.723. The third-order valence-electron chi connectivity index (χ3n) is 2.24. The Balaban J connectivity index is 2.62. The molecular weight excluding hydrogens is 176 g/mol. The lowest BCUT2D eigenvalue weighted by atomic mass is 10.0. The van der Waals surface area contributed by atoms with Crippen molar-refractivity contribution >= 4 is 11.0 Å². The fourth-order valence-electron chi connectivity index (χ4n) is 1.48. The van der Waals surface area contributed by atoms with Crippen LogP contribution in [0.25, 0.3) is 11.0 Å². The van der Waals surface area contributed by atoms with Gasteiger partial charge in [-0.1, -0.05) is 0 Å². The Morgan fingerprint density at radius 1 is 1.36 bits per heavy atom. The van der Waals surface area contributed by atoms with E-state index in [1.807, 2.05) is 25.1 Å². The highest BCUT2D eigenvalue weighted by atomic mass is 16.3. The highest BCUT2D eigenvalue weighted by Gasteiger charge is 2.17. The third-order valence-corrected chi connectivity index (χ3v) is 2.24. The van der Waals surface area contributed by atoms with Crippen LogP contribution in [0.5, 0.6) is 0 Å². The molecule has 3 nitrogen and oxygen atoms in total. The molecule has 0 aliphatic heterocycles. The van der Waals surface area contributed by atoms with Crippen molar-refractivity contribution in [1.29, 1.82) is 0 Å². The molecule has 0 aliphatic rings. The van der Waals surface area contributed by atoms with Crippen LogP contribution >= 0.6 is 0 Å². The second kappa shape index (κ2) is 2.82. The number of aryl methyl sites for hydroxylation is 1. The standard InChI is InChI=1S/C11H14N2O/c1-7-6-9-8(12-7)4-5-10(13-9)11(2,3)14/h4-6,12,14H,1-3H3. The van der Waals surface area contributed by atoms with E-state index in [1.54, 1.807) is 13.8 Å². The zero-order chi connectivity index (χ0) is 10.3. The first-order valence-electron chi connectivity index (χ1n) is 4.66. The average molecular weight is 190 g/mol. The van der Waals surface area contributed by atoms with Gasteiger partial charge in [-0.2, -0.15) is 0 Å². The van der Waals surface area contributed by atoms with Crippen molar-refractivity contribution in [3.8, 4) is 0 Å². The van der Waals surface area contributed by atoms with E-state index in [0.717, 1.165) is 16.7 Å². The lowest BCUT2D eigenvalue weighted by Gasteiger charge is -2.15. The number of hydrogen-bond donors (Lipinski definition) is 2. The molecule has 0 bridgehead atoms. The number of nitrogens with one attached hydrogen (secondary N) is 1. The van der Waals surface area contributed by atoms with Gasteiger partial charge < -0.3 is 10.1 Å². The van der Waals surface area contributed by atoms with Crippen LogP contribution in [0.4, 0.5) is 0 Å². The summed E-state index contributed by atoms with van der Waals surface area (Å²) in [6.07, 6.45) is 0. The van der Waals surface area contributed by atoms with Gasteiger partial charge in [-0.3, -0.25) is 0 Å². The van der Waals surface area contributed by atoms with Crippen LogP contribution in [0.1, 0.15) is 25.2 Å². The first-order valence-corrected chi connectivity index (χ1v) is 4.66. The first kappa shape index (κ1) is 9.21. The summed E-state index contributed by atoms with van der Waals surface area (Å²) in [7, 11) is 0. The van der Waals surface area contributed by atoms with Gasteiger partial charge in [0.15, 0.2) is 0 Å². The average Bonchev–Trinajstić information content (AvgIpc) is 2.41. The molecule has 0 saturated carbocycles. The summed E-state index contributed by atoms with van der Waals surface area (Å²) in [5.74, 6) is 0. The molecule has 3 heteroatoms. The van der Waals surface area contributed by atoms with E-state index >= 15 is 0 Å². The normalized spacial score (nSPS) is 12.3. The molecule has 0 atom stereocenters. The molecule has 0 radical (unpaired) electrons. The van der Waals surface area contributed by atoms with E-state index in [-0.39, 0.29) is 0 Å². The van der Waals surface area contributed by atoms with Gasteiger partial charge in [0.25, 0.3) is 0 Å². The van der Waals surface area contributed by atoms with Crippen LogP contribution in [0.2, 0.25) is 0 Å². The van der Waals surface area contributed by atoms with Crippen LogP contribution in [0, 0.1) is 6.92 Å². The number of aliphatic hydroxyl groups is 1. The van der Waals surface area contributed by atoms with Gasteiger partial charge in [0.05, 0.1) is 16.7 Å². The van der Waals surface area contributed by atoms with Crippen molar-refractivity contribution in [2.75, 3.05) is 0 Å². The minimum absolute atomic E-state index is 0.698. The number of hydrogen-bond acceptors (Lipinski definition) is 2. The SMILES string of the molecule is Cc1cc2nc(C(C)(C)O)ccc2[nH]1. The van der Waals surface area contributed by atoms with Crippen LogP contribution in [-0.4, -0.2) is 15.1 Å². The molecule has 0 spiro atoms. The third kappa shape index (κ3) is 1.51. The zero-order valence-electron chi connectivity index (χ0n) is 8.63. The van der Waals surface area contributed by atoms with Crippen molar-refractivity contribution in [1.82, 2.24) is 9.97 Å². The van der Waals surface area contributed by atoms with Gasteiger partial charge in [-0.25, -0.2) is 4.98 Å². The molecule has 2 N–H and O–H groups in total. The minimum atomic E-state index is -0.876. The van der Waals surface area contributed by atoms with Crippen molar-refractivity contribution in [2.45, 2.75) is 26.4 Å². The molecule has 2 aromatic heterocycles. The van der Waals surface area contributed by atoms with E-state index in [0.29, 0.717) is 5.69 Å². The Bertz CT molecular complexity index is 466. The summed E-state index contributed by atoms with van der Waals surface area (Å²) in [5, 5.41) is 9.78. The minimum Gasteiger partial charge on any atom is -0.384 e. The summed E-state index contributed by atoms with van der Waals surface area (Å²) >= 11 is 0. The maximum Gasteiger partial charge on any atom is 0.101 e. The summed E-state index contributed by atoms with van der Waals surface area (Å²) in [5.41, 5.74) is 2.82. The summed E-state index contributed by atoms with van der Waals surface area (Å²) < 4.78 is 0. The number of rotatable bonds is 1. The Morgan fingerprint density at radius 2 is 2.07 bits per heavy atom. The molecule has 14 heavy (non-hydrogen) atoms. The number of aromatic nitrogens is 2. The van der Waals surface area contributed by atoms with Gasteiger partial charge in [0.1, 0.15) is 5.60 Å². The van der Waals surface area contributed by atoms with E-state index in [1.165, 1.54) is 0 Å². The number of fused-ring (bicyclic) bond motifs is 1. The molecule has 0 fully saturated rings. The van der Waals surface area contributed by atoms with Gasteiger partial charge in [0, 0.05) is 5.69 Å². The Kier molecular flexibility index (Phi) is 1.86. The van der Waals surface area contributed by atoms with Gasteiger partial charge in [0.2, 0.25) is 0 Å². The number of pyridine rings is 1. The predicted octanol–water partition coefficient (Wildman–Crippen LogP) is 2.10. The van der Waals surface area contributed by atoms with Crippen LogP contribution in [0.15, 0.2) is 18.2 Å². The molecular formula is C11H14N2O. The maximum absolute atomic E-state index is 9.78. The fourth-order valence-corrected chi connectivity index (χ4v) is 1.48. The number of nitrogens with zero attached hydrogens (tertiary/aromatic N) is 1. The molecule has 0 saturated heterocycles. The number of aromatic amines is 1. The molecule has 0 aromatic carbocycles. The van der Waals surface area contributed by atoms with Crippen molar-refractivity contribution < 1.29 is 5.11 Å². The highest BCUT2D eigenvalue weighted by Crippen LogP contribution is 2.20. The van der Waals surface area contributed by atoms with E-state index in [4.69, 9.17) is 0 Å². The molecule has 74 valence electrons. The van der Waals surface area contributed by atoms with Crippen LogP contribution < -0.4 is 0 Å². The van der Waals surface area contributed by atoms with E-state index < -0.39 is 5.60 Å². The second-order valence-electron chi connectivity index (χ2n) is 4.14. The molecule has 2 heterocycles. The van der Waals surface area contributed by atoms with Gasteiger partial charge in [-0.15, -0.1) is 0 Å². The Labute approximate surface area is 82.8 Å². The van der Waals surface area contributed by atoms with Gasteiger partial charge >= 0.3 is 0 Å². The monoisotopic (exact) mass is 190 g/mol. The lowest BCUT2D eigenvalue weighted by molar-refractivity contribution is 0.0742. The highest BCUT2D eigenvalue weighted by molar-refractivity contribution is 5.76. The molecule has 0 unspecified atom stereocenters. The molecule has 0 amide bonds. The van der Waals surface area contributed by atoms with Crippen LogP contribution in [-0.2, 0) is 5.60 Å². The van der Waals surface area contributed by atoms with Crippen LogP contribution in [0.3, 0.4) is 0 Å². The molecule has 2 rings (SSSR count). The molecule has 2 aromatic rings.